The molecule has 0 heterocycles. The van der Waals surface area contributed by atoms with Gasteiger partial charge in [0.15, 0.2) is 6.10 Å². The minimum absolute atomic E-state index is 0.0174. The smallest absolute Gasteiger partial charge is 0.257 e. The summed E-state index contributed by atoms with van der Waals surface area (Å²) >= 11 is 0. The zero-order chi connectivity index (χ0) is 18.2. The van der Waals surface area contributed by atoms with E-state index in [0.717, 1.165) is 12.1 Å². The van der Waals surface area contributed by atoms with Crippen molar-refractivity contribution in [3.63, 3.8) is 0 Å². The van der Waals surface area contributed by atoms with E-state index in [1.54, 1.807) is 24.3 Å². The number of hydrogen-bond donors (Lipinski definition) is 2. The van der Waals surface area contributed by atoms with E-state index >= 15 is 0 Å². The Morgan fingerprint density at radius 1 is 0.960 bits per heavy atom. The molecule has 0 aliphatic heterocycles. The van der Waals surface area contributed by atoms with Crippen LogP contribution in [0.1, 0.15) is 22.0 Å². The molecule has 5 nitrogen and oxygen atoms in total. The predicted molar refractivity (Wildman–Crippen MR) is 87.9 cm³/mol. The molecule has 25 heavy (non-hydrogen) atoms. The number of amides is 2. The minimum Gasteiger partial charge on any atom is -0.367 e. The van der Waals surface area contributed by atoms with Gasteiger partial charge in [-0.15, -0.1) is 0 Å². The summed E-state index contributed by atoms with van der Waals surface area (Å²) in [6, 6.07) is 12.1. The summed E-state index contributed by atoms with van der Waals surface area (Å²) in [6.07, 6.45) is -0.777. The number of methoxy groups -OCH3 is 1. The number of rotatable bonds is 7. The predicted octanol–water partition coefficient (Wildman–Crippen LogP) is 2.20. The Balaban J connectivity index is 1.84. The second-order valence-corrected chi connectivity index (χ2v) is 5.17. The average molecular weight is 348 g/mol. The molecule has 0 spiro atoms. The van der Waals surface area contributed by atoms with E-state index in [2.05, 4.69) is 10.6 Å². The monoisotopic (exact) mass is 348 g/mol. The molecule has 1 atom stereocenters. The lowest BCUT2D eigenvalue weighted by Crippen LogP contribution is -2.37. The van der Waals surface area contributed by atoms with Crippen LogP contribution in [0.4, 0.5) is 8.78 Å². The van der Waals surface area contributed by atoms with Crippen molar-refractivity contribution in [2.75, 3.05) is 20.2 Å². The molecule has 0 fully saturated rings. The SMILES string of the molecule is CO[C@@H](C(=O)NCCNC(=O)c1c(F)cccc1F)c1ccccc1. The molecule has 0 unspecified atom stereocenters. The van der Waals surface area contributed by atoms with Gasteiger partial charge in [0.1, 0.15) is 17.2 Å². The molecule has 0 aromatic heterocycles. The first kappa shape index (κ1) is 18.5. The lowest BCUT2D eigenvalue weighted by molar-refractivity contribution is -0.131. The number of halogens is 2. The Bertz CT molecular complexity index is 718. The molecular weight excluding hydrogens is 330 g/mol. The molecule has 132 valence electrons. The van der Waals surface area contributed by atoms with E-state index in [0.29, 0.717) is 5.56 Å². The Kier molecular flexibility index (Phi) is 6.59. The highest BCUT2D eigenvalue weighted by Crippen LogP contribution is 2.16. The zero-order valence-electron chi connectivity index (χ0n) is 13.6. The first-order chi connectivity index (χ1) is 12.0. The van der Waals surface area contributed by atoms with E-state index in [4.69, 9.17) is 4.74 Å². The fourth-order valence-electron chi connectivity index (χ4n) is 2.28. The van der Waals surface area contributed by atoms with Crippen molar-refractivity contribution in [1.29, 1.82) is 0 Å². The van der Waals surface area contributed by atoms with Gasteiger partial charge in [-0.25, -0.2) is 8.78 Å². The summed E-state index contributed by atoms with van der Waals surface area (Å²) in [5.74, 6) is -3.13. The topological polar surface area (TPSA) is 67.4 Å². The van der Waals surface area contributed by atoms with Crippen molar-refractivity contribution in [1.82, 2.24) is 10.6 Å². The second-order valence-electron chi connectivity index (χ2n) is 5.17. The molecule has 2 N–H and O–H groups in total. The Hall–Kier alpha value is -2.80. The van der Waals surface area contributed by atoms with Gasteiger partial charge in [0.05, 0.1) is 0 Å². The van der Waals surface area contributed by atoms with E-state index in [-0.39, 0.29) is 19.0 Å². The number of ether oxygens (including phenoxy) is 1. The number of carbonyl (C=O) groups excluding carboxylic acids is 2. The molecule has 2 aromatic carbocycles. The lowest BCUT2D eigenvalue weighted by atomic mass is 10.1. The quantitative estimate of drug-likeness (QED) is 0.754. The van der Waals surface area contributed by atoms with Gasteiger partial charge in [0, 0.05) is 20.2 Å². The van der Waals surface area contributed by atoms with Gasteiger partial charge in [0.2, 0.25) is 0 Å². The summed E-state index contributed by atoms with van der Waals surface area (Å²) in [7, 11) is 1.42. The Morgan fingerprint density at radius 2 is 1.56 bits per heavy atom. The number of nitrogens with one attached hydrogen (secondary N) is 2. The maximum absolute atomic E-state index is 13.5. The molecular formula is C18H18F2N2O3. The van der Waals surface area contributed by atoms with Crippen molar-refractivity contribution in [2.24, 2.45) is 0 Å². The summed E-state index contributed by atoms with van der Waals surface area (Å²) in [4.78, 5) is 23.9. The number of carbonyl (C=O) groups is 2. The van der Waals surface area contributed by atoms with Crippen LogP contribution in [-0.4, -0.2) is 32.0 Å². The summed E-state index contributed by atoms with van der Waals surface area (Å²) < 4.78 is 32.2. The van der Waals surface area contributed by atoms with Crippen LogP contribution >= 0.6 is 0 Å². The van der Waals surface area contributed by atoms with Gasteiger partial charge in [-0.05, 0) is 17.7 Å². The fraction of sp³-hybridized carbons (Fsp3) is 0.222. The minimum atomic E-state index is -0.940. The van der Waals surface area contributed by atoms with Gasteiger partial charge < -0.3 is 15.4 Å². The number of hydrogen-bond acceptors (Lipinski definition) is 3. The van der Waals surface area contributed by atoms with Gasteiger partial charge >= 0.3 is 0 Å². The van der Waals surface area contributed by atoms with Crippen molar-refractivity contribution >= 4 is 11.8 Å². The van der Waals surface area contributed by atoms with Crippen molar-refractivity contribution in [3.05, 3.63) is 71.3 Å². The standard InChI is InChI=1S/C18H18F2N2O3/c1-25-16(12-6-3-2-4-7-12)18(24)22-11-10-21-17(23)15-13(19)8-5-9-14(15)20/h2-9,16H,10-11H2,1H3,(H,21,23)(H,22,24)/t16-/m1/s1. The third-order valence-corrected chi connectivity index (χ3v) is 3.48. The van der Waals surface area contributed by atoms with Crippen molar-refractivity contribution in [3.8, 4) is 0 Å². The third kappa shape index (κ3) is 4.84. The van der Waals surface area contributed by atoms with Crippen LogP contribution in [0.2, 0.25) is 0 Å². The molecule has 0 bridgehead atoms. The first-order valence-corrected chi connectivity index (χ1v) is 7.62. The van der Waals surface area contributed by atoms with E-state index < -0.39 is 29.2 Å². The van der Waals surface area contributed by atoms with E-state index in [1.165, 1.54) is 13.2 Å². The molecule has 2 rings (SSSR count). The molecule has 0 aliphatic carbocycles. The van der Waals surface area contributed by atoms with Crippen LogP contribution in [0.25, 0.3) is 0 Å². The van der Waals surface area contributed by atoms with E-state index in [9.17, 15) is 18.4 Å². The summed E-state index contributed by atoms with van der Waals surface area (Å²) in [5, 5.41) is 4.96. The normalized spacial score (nSPS) is 11.6. The Labute approximate surface area is 144 Å². The van der Waals surface area contributed by atoms with Gasteiger partial charge in [0.25, 0.3) is 11.8 Å². The molecule has 2 amide bonds. The lowest BCUT2D eigenvalue weighted by Gasteiger charge is -2.15. The number of benzene rings is 2. The van der Waals surface area contributed by atoms with Crippen LogP contribution in [0.5, 0.6) is 0 Å². The van der Waals surface area contributed by atoms with E-state index in [1.807, 2.05) is 6.07 Å². The summed E-state index contributed by atoms with van der Waals surface area (Å²) in [5.41, 5.74) is 0.0489. The molecule has 0 radical (unpaired) electrons. The van der Waals surface area contributed by atoms with Gasteiger partial charge in [-0.3, -0.25) is 9.59 Å². The molecule has 7 heteroatoms. The highest BCUT2D eigenvalue weighted by atomic mass is 19.1. The first-order valence-electron chi connectivity index (χ1n) is 7.62. The second kappa shape index (κ2) is 8.89. The van der Waals surface area contributed by atoms with Crippen molar-refractivity contribution in [2.45, 2.75) is 6.10 Å². The summed E-state index contributed by atoms with van der Waals surface area (Å²) in [6.45, 7) is 0.108. The highest BCUT2D eigenvalue weighted by molar-refractivity contribution is 5.94. The molecule has 0 saturated heterocycles. The van der Waals surface area contributed by atoms with Crippen LogP contribution in [0.15, 0.2) is 48.5 Å². The van der Waals surface area contributed by atoms with Gasteiger partial charge in [-0.2, -0.15) is 0 Å². The van der Waals surface area contributed by atoms with Crippen LogP contribution in [0.3, 0.4) is 0 Å². The van der Waals surface area contributed by atoms with Gasteiger partial charge in [-0.1, -0.05) is 36.4 Å². The third-order valence-electron chi connectivity index (χ3n) is 3.48. The van der Waals surface area contributed by atoms with Crippen LogP contribution < -0.4 is 10.6 Å². The average Bonchev–Trinajstić information content (AvgIpc) is 2.60. The maximum Gasteiger partial charge on any atom is 0.257 e. The largest absolute Gasteiger partial charge is 0.367 e. The Morgan fingerprint density at radius 3 is 2.16 bits per heavy atom. The zero-order valence-corrected chi connectivity index (χ0v) is 13.6. The molecule has 0 aliphatic rings. The van der Waals surface area contributed by atoms with Crippen molar-refractivity contribution < 1.29 is 23.1 Å². The molecule has 2 aromatic rings. The molecule has 0 saturated carbocycles. The van der Waals surface area contributed by atoms with Crippen LogP contribution in [0, 0.1) is 11.6 Å². The fourth-order valence-corrected chi connectivity index (χ4v) is 2.28. The highest BCUT2D eigenvalue weighted by Gasteiger charge is 2.20. The van der Waals surface area contributed by atoms with Crippen LogP contribution in [-0.2, 0) is 9.53 Å². The maximum atomic E-state index is 13.5.